The van der Waals surface area contributed by atoms with Gasteiger partial charge in [-0.25, -0.2) is 0 Å². The Morgan fingerprint density at radius 2 is 1.83 bits per heavy atom. The lowest BCUT2D eigenvalue weighted by atomic mass is 9.67. The minimum absolute atomic E-state index is 0.141. The van der Waals surface area contributed by atoms with Gasteiger partial charge in [-0.05, 0) is 73.6 Å². The number of aldehydes is 1. The lowest BCUT2D eigenvalue weighted by Crippen LogP contribution is -2.45. The summed E-state index contributed by atoms with van der Waals surface area (Å²) in [5, 5.41) is 0. The third-order valence-corrected chi connectivity index (χ3v) is 6.95. The van der Waals surface area contributed by atoms with Gasteiger partial charge in [0.25, 0.3) is 0 Å². The number of halogens is 3. The van der Waals surface area contributed by atoms with Crippen molar-refractivity contribution in [3.8, 4) is 5.75 Å². The van der Waals surface area contributed by atoms with E-state index in [4.69, 9.17) is 4.74 Å². The Morgan fingerprint density at radius 3 is 2.50 bits per heavy atom. The van der Waals surface area contributed by atoms with Gasteiger partial charge in [0.05, 0.1) is 0 Å². The normalized spacial score (nSPS) is 23.1. The summed E-state index contributed by atoms with van der Waals surface area (Å²) < 4.78 is 43.4. The molecule has 0 N–H and O–H groups in total. The molecule has 166 valence electrons. The minimum Gasteiger partial charge on any atom is -0.487 e. The van der Waals surface area contributed by atoms with Crippen LogP contribution in [0.3, 0.4) is 0 Å². The van der Waals surface area contributed by atoms with E-state index in [-0.39, 0.29) is 23.4 Å². The molecule has 1 aromatic rings. The van der Waals surface area contributed by atoms with Crippen molar-refractivity contribution in [3.05, 3.63) is 41.0 Å². The molecule has 2 aliphatic rings. The van der Waals surface area contributed by atoms with Crippen LogP contribution in [0, 0.1) is 5.92 Å². The maximum atomic E-state index is 12.3. The zero-order chi connectivity index (χ0) is 22.2. The lowest BCUT2D eigenvalue weighted by Gasteiger charge is -2.47. The predicted octanol–water partition coefficient (Wildman–Crippen LogP) is 7.27. The van der Waals surface area contributed by atoms with Crippen molar-refractivity contribution in [2.75, 3.05) is 0 Å². The van der Waals surface area contributed by atoms with E-state index in [0.29, 0.717) is 12.3 Å². The van der Waals surface area contributed by atoms with Gasteiger partial charge in [0.1, 0.15) is 17.6 Å². The minimum atomic E-state index is -4.06. The molecule has 0 saturated carbocycles. The number of carbonyl (C=O) groups is 1. The highest BCUT2D eigenvalue weighted by atomic mass is 19.4. The van der Waals surface area contributed by atoms with Crippen molar-refractivity contribution in [2.45, 2.75) is 95.8 Å². The summed E-state index contributed by atoms with van der Waals surface area (Å²) in [6.07, 6.45) is 2.21. The summed E-state index contributed by atoms with van der Waals surface area (Å²) in [4.78, 5) is 11.3. The average molecular weight is 423 g/mol. The monoisotopic (exact) mass is 422 g/mol. The van der Waals surface area contributed by atoms with Crippen molar-refractivity contribution >= 4 is 6.29 Å². The molecule has 1 heterocycles. The van der Waals surface area contributed by atoms with Crippen molar-refractivity contribution in [1.29, 1.82) is 0 Å². The third kappa shape index (κ3) is 5.09. The van der Waals surface area contributed by atoms with E-state index in [0.717, 1.165) is 54.4 Å². The van der Waals surface area contributed by atoms with E-state index in [9.17, 15) is 18.0 Å². The second kappa shape index (κ2) is 8.39. The quantitative estimate of drug-likeness (QED) is 0.341. The lowest BCUT2D eigenvalue weighted by molar-refractivity contribution is -0.135. The summed E-state index contributed by atoms with van der Waals surface area (Å²) in [6, 6.07) is 6.38. The Kier molecular flexibility index (Phi) is 6.41. The largest absolute Gasteiger partial charge is 0.487 e. The number of alkyl halides is 3. The molecule has 0 amide bonds. The molecule has 2 atom stereocenters. The van der Waals surface area contributed by atoms with Crippen LogP contribution in [0.4, 0.5) is 13.2 Å². The number of rotatable bonds is 7. The first-order valence-corrected chi connectivity index (χ1v) is 11.0. The average Bonchev–Trinajstić information content (AvgIpc) is 2.65. The van der Waals surface area contributed by atoms with Gasteiger partial charge in [-0.15, -0.1) is 0 Å². The Labute approximate surface area is 177 Å². The summed E-state index contributed by atoms with van der Waals surface area (Å²) in [5.41, 5.74) is 2.72. The van der Waals surface area contributed by atoms with E-state index in [1.165, 1.54) is 0 Å². The number of allylic oxidation sites excluding steroid dienone is 2. The standard InChI is InChI=1S/C25H33F3O2/c1-23(2,12-6-5-7-13-25(26,27)28)18-9-10-19-20-14-17(16-29)8-11-21(20)24(3,4)30-22(19)15-18/h8-10,15-16,20-21H,5-7,11-14H2,1-4H3/t20-,21+/m0/s1. The molecule has 2 nitrogen and oxygen atoms in total. The number of benzene rings is 1. The fourth-order valence-corrected chi connectivity index (χ4v) is 5.04. The molecule has 30 heavy (non-hydrogen) atoms. The molecule has 1 aliphatic heterocycles. The predicted molar refractivity (Wildman–Crippen MR) is 113 cm³/mol. The topological polar surface area (TPSA) is 26.3 Å². The number of ether oxygens (including phenoxy) is 1. The number of carbonyl (C=O) groups excluding carboxylic acids is 1. The maximum absolute atomic E-state index is 12.3. The van der Waals surface area contributed by atoms with Crippen LogP contribution in [0.1, 0.15) is 89.7 Å². The number of unbranched alkanes of at least 4 members (excludes halogenated alkanes) is 2. The fourth-order valence-electron chi connectivity index (χ4n) is 5.04. The second-order valence-corrected chi connectivity index (χ2v) is 10.1. The van der Waals surface area contributed by atoms with Gasteiger partial charge in [0, 0.05) is 12.3 Å². The third-order valence-electron chi connectivity index (χ3n) is 6.95. The first-order valence-electron chi connectivity index (χ1n) is 11.0. The smallest absolute Gasteiger partial charge is 0.389 e. The van der Waals surface area contributed by atoms with Gasteiger partial charge in [0.2, 0.25) is 0 Å². The van der Waals surface area contributed by atoms with Gasteiger partial charge < -0.3 is 4.74 Å². The van der Waals surface area contributed by atoms with Gasteiger partial charge in [-0.2, -0.15) is 13.2 Å². The van der Waals surface area contributed by atoms with Crippen LogP contribution in [0.15, 0.2) is 29.8 Å². The van der Waals surface area contributed by atoms with Crippen molar-refractivity contribution in [3.63, 3.8) is 0 Å². The highest BCUT2D eigenvalue weighted by Gasteiger charge is 2.45. The van der Waals surface area contributed by atoms with Crippen LogP contribution in [-0.2, 0) is 10.2 Å². The van der Waals surface area contributed by atoms with Crippen LogP contribution in [0.5, 0.6) is 5.75 Å². The van der Waals surface area contributed by atoms with Crippen molar-refractivity contribution in [2.24, 2.45) is 5.92 Å². The van der Waals surface area contributed by atoms with Crippen LogP contribution < -0.4 is 4.74 Å². The number of hydrogen-bond donors (Lipinski definition) is 0. The van der Waals surface area contributed by atoms with E-state index in [2.05, 4.69) is 45.9 Å². The van der Waals surface area contributed by atoms with Crippen LogP contribution in [0.2, 0.25) is 0 Å². The first-order chi connectivity index (χ1) is 13.9. The van der Waals surface area contributed by atoms with Crippen LogP contribution in [0.25, 0.3) is 0 Å². The fraction of sp³-hybridized carbons (Fsp3) is 0.640. The zero-order valence-electron chi connectivity index (χ0n) is 18.4. The molecule has 1 aliphatic carbocycles. The molecule has 1 aromatic carbocycles. The number of hydrogen-bond acceptors (Lipinski definition) is 2. The molecule has 0 fully saturated rings. The maximum Gasteiger partial charge on any atom is 0.389 e. The molecule has 0 bridgehead atoms. The van der Waals surface area contributed by atoms with E-state index < -0.39 is 12.6 Å². The van der Waals surface area contributed by atoms with Crippen LogP contribution >= 0.6 is 0 Å². The first kappa shape index (κ1) is 22.9. The molecule has 5 heteroatoms. The number of fused-ring (bicyclic) bond motifs is 3. The molecule has 0 unspecified atom stereocenters. The molecule has 0 spiro atoms. The summed E-state index contributed by atoms with van der Waals surface area (Å²) in [6.45, 7) is 8.52. The zero-order valence-corrected chi connectivity index (χ0v) is 18.4. The van der Waals surface area contributed by atoms with Gasteiger partial charge in [-0.1, -0.05) is 44.9 Å². The molecule has 3 rings (SSSR count). The molecule has 0 radical (unpaired) electrons. The van der Waals surface area contributed by atoms with E-state index in [1.54, 1.807) is 0 Å². The highest BCUT2D eigenvalue weighted by molar-refractivity contribution is 5.74. The Bertz CT molecular complexity index is 805. The Morgan fingerprint density at radius 1 is 1.13 bits per heavy atom. The molecular weight excluding hydrogens is 389 g/mol. The van der Waals surface area contributed by atoms with E-state index in [1.807, 2.05) is 6.08 Å². The summed E-state index contributed by atoms with van der Waals surface area (Å²) >= 11 is 0. The van der Waals surface area contributed by atoms with E-state index >= 15 is 0 Å². The van der Waals surface area contributed by atoms with Gasteiger partial charge >= 0.3 is 6.18 Å². The Hall–Kier alpha value is -1.78. The molecule has 0 saturated heterocycles. The Balaban J connectivity index is 1.74. The van der Waals surface area contributed by atoms with Gasteiger partial charge in [-0.3, -0.25) is 4.79 Å². The van der Waals surface area contributed by atoms with Gasteiger partial charge in [0.15, 0.2) is 0 Å². The second-order valence-electron chi connectivity index (χ2n) is 10.1. The SMILES string of the molecule is CC(C)(CCCCCC(F)(F)F)c1ccc2c(c1)OC(C)(C)[C@@H]1CC=C(C=O)C[C@@H]21. The highest BCUT2D eigenvalue weighted by Crippen LogP contribution is 2.51. The summed E-state index contributed by atoms with van der Waals surface area (Å²) in [5.74, 6) is 1.49. The van der Waals surface area contributed by atoms with Crippen molar-refractivity contribution in [1.82, 2.24) is 0 Å². The molecule has 0 aromatic heterocycles. The van der Waals surface area contributed by atoms with Crippen molar-refractivity contribution < 1.29 is 22.7 Å². The molecular formula is C25H33F3O2. The summed E-state index contributed by atoms with van der Waals surface area (Å²) in [7, 11) is 0. The van der Waals surface area contributed by atoms with Crippen LogP contribution in [-0.4, -0.2) is 18.1 Å².